The van der Waals surface area contributed by atoms with Gasteiger partial charge in [-0.15, -0.1) is 0 Å². The van der Waals surface area contributed by atoms with Crippen LogP contribution in [0.5, 0.6) is 0 Å². The molecule has 0 spiro atoms. The van der Waals surface area contributed by atoms with E-state index in [1.54, 1.807) is 20.0 Å². The number of hydrogen-bond donors (Lipinski definition) is 3. The van der Waals surface area contributed by atoms with Gasteiger partial charge in [-0.2, -0.15) is 5.10 Å². The maximum absolute atomic E-state index is 12.8. The number of anilines is 2. The van der Waals surface area contributed by atoms with Gasteiger partial charge in [-0.1, -0.05) is 49.9 Å². The van der Waals surface area contributed by atoms with E-state index >= 15 is 0 Å². The van der Waals surface area contributed by atoms with E-state index < -0.39 is 11.7 Å². The number of nitrogens with two attached hydrogens (primary N) is 1. The molecule has 1 aromatic carbocycles. The van der Waals surface area contributed by atoms with Gasteiger partial charge in [0.05, 0.1) is 17.6 Å². The Labute approximate surface area is 221 Å². The predicted molar refractivity (Wildman–Crippen MR) is 148 cm³/mol. The third-order valence-electron chi connectivity index (χ3n) is 7.45. The van der Waals surface area contributed by atoms with Crippen molar-refractivity contribution in [3.05, 3.63) is 52.4 Å². The number of cyclic esters (lactones) is 1. The minimum atomic E-state index is -0.908. The molecule has 0 amide bonds. The van der Waals surface area contributed by atoms with Crippen LogP contribution in [0.1, 0.15) is 77.4 Å². The summed E-state index contributed by atoms with van der Waals surface area (Å²) in [6.45, 7) is 7.61. The number of aromatic nitrogens is 3. The van der Waals surface area contributed by atoms with Crippen molar-refractivity contribution in [3.8, 4) is 0 Å². The maximum Gasteiger partial charge on any atom is 0.413 e. The molecule has 1 atom stereocenters. The Hall–Kier alpha value is -3.95. The molecule has 5 rings (SSSR count). The summed E-state index contributed by atoms with van der Waals surface area (Å²) in [5.41, 5.74) is 1.83. The van der Waals surface area contributed by atoms with E-state index in [2.05, 4.69) is 24.1 Å². The van der Waals surface area contributed by atoms with E-state index in [-0.39, 0.29) is 23.2 Å². The van der Waals surface area contributed by atoms with Gasteiger partial charge in [-0.25, -0.2) is 10.6 Å². The second kappa shape index (κ2) is 10.1. The van der Waals surface area contributed by atoms with E-state index in [0.717, 1.165) is 29.6 Å². The van der Waals surface area contributed by atoms with Gasteiger partial charge in [-0.3, -0.25) is 14.5 Å². The highest BCUT2D eigenvalue weighted by molar-refractivity contribution is 6.57. The first-order valence-corrected chi connectivity index (χ1v) is 13.3. The summed E-state index contributed by atoms with van der Waals surface area (Å²) >= 11 is 0. The molecule has 0 saturated heterocycles. The lowest BCUT2D eigenvalue weighted by molar-refractivity contribution is -0.642. The minimum Gasteiger partial charge on any atom is -0.390 e. The number of carbonyl (C=O) groups excluding carboxylic acids is 1. The van der Waals surface area contributed by atoms with Crippen LogP contribution in [0, 0.1) is 5.92 Å². The van der Waals surface area contributed by atoms with E-state index in [4.69, 9.17) is 20.7 Å². The molecule has 0 bridgehead atoms. The van der Waals surface area contributed by atoms with Gasteiger partial charge in [0, 0.05) is 25.7 Å². The summed E-state index contributed by atoms with van der Waals surface area (Å²) in [5.74, 6) is 6.30. The molecule has 1 fully saturated rings. The molecule has 4 N–H and O–H groups in total. The normalized spacial score (nSPS) is 19.0. The highest BCUT2D eigenvalue weighted by Crippen LogP contribution is 2.33. The van der Waals surface area contributed by atoms with Gasteiger partial charge in [0.2, 0.25) is 0 Å². The zero-order valence-corrected chi connectivity index (χ0v) is 22.4. The number of hydrazine groups is 1. The molecular formula is C28H36N7O3+. The molecule has 1 unspecified atom stereocenters. The average molecular weight is 519 g/mol. The summed E-state index contributed by atoms with van der Waals surface area (Å²) in [4.78, 5) is 32.5. The molecule has 10 nitrogen and oxygen atoms in total. The predicted octanol–water partition coefficient (Wildman–Crippen LogP) is 4.36. The topological polar surface area (TPSA) is 130 Å². The van der Waals surface area contributed by atoms with Gasteiger partial charge >= 0.3 is 17.4 Å². The molecule has 0 radical (unpaired) electrons. The molecule has 200 valence electrons. The van der Waals surface area contributed by atoms with Crippen molar-refractivity contribution in [3.63, 3.8) is 0 Å². The minimum absolute atomic E-state index is 0.155. The third-order valence-corrected chi connectivity index (χ3v) is 7.45. The lowest BCUT2D eigenvalue weighted by Gasteiger charge is -2.22. The standard InChI is InChI=1S/C28H35N7O3/c1-17(2)24(31-16-22-27(37)38-28(3,4)35(22)29)18-10-12-19(13-11-18)32-25-23-21(14-15-30-26(23)36)34(33-25)20-8-6-5-7-9-20/h10-17,20,24H,5-9H2,1-4H3,(H3-,29,30,31,32,33,36,37)/p+1. The van der Waals surface area contributed by atoms with E-state index in [1.807, 2.05) is 35.0 Å². The largest absolute Gasteiger partial charge is 0.413 e. The number of aliphatic imine (C=N–C) groups is 1. The number of aromatic amines is 1. The Morgan fingerprint density at radius 2 is 1.89 bits per heavy atom. The fourth-order valence-electron chi connectivity index (χ4n) is 5.32. The SMILES string of the molecule is CC(C)C(N=CC1=[N+](N)C(C)(C)OC1=O)c1ccc(Nc2nn(C3CCCCC3)c3cc[nH]c(=O)c23)cc1. The lowest BCUT2D eigenvalue weighted by Crippen LogP contribution is -2.40. The first-order valence-electron chi connectivity index (χ1n) is 13.3. The van der Waals surface area contributed by atoms with Crippen LogP contribution < -0.4 is 16.7 Å². The lowest BCUT2D eigenvalue weighted by atomic mass is 9.95. The zero-order valence-electron chi connectivity index (χ0n) is 22.4. The summed E-state index contributed by atoms with van der Waals surface area (Å²) < 4.78 is 8.65. The average Bonchev–Trinajstić information content (AvgIpc) is 3.35. The number of carbonyl (C=O) groups is 1. The second-order valence-corrected chi connectivity index (χ2v) is 11.0. The first kappa shape index (κ1) is 25.7. The Morgan fingerprint density at radius 3 is 2.53 bits per heavy atom. The van der Waals surface area contributed by atoms with Crippen molar-refractivity contribution >= 4 is 40.3 Å². The Kier molecular flexibility index (Phi) is 6.81. The van der Waals surface area contributed by atoms with E-state index in [0.29, 0.717) is 17.2 Å². The first-order chi connectivity index (χ1) is 18.2. The smallest absolute Gasteiger partial charge is 0.390 e. The molecule has 1 saturated carbocycles. The van der Waals surface area contributed by atoms with E-state index in [9.17, 15) is 9.59 Å². The quantitative estimate of drug-likeness (QED) is 0.184. The Bertz CT molecular complexity index is 1460. The van der Waals surface area contributed by atoms with Crippen molar-refractivity contribution in [1.82, 2.24) is 14.8 Å². The van der Waals surface area contributed by atoms with Crippen molar-refractivity contribution < 1.29 is 14.2 Å². The number of hydrazone groups is 1. The number of hydrogen-bond acceptors (Lipinski definition) is 7. The van der Waals surface area contributed by atoms with Crippen LogP contribution >= 0.6 is 0 Å². The fraction of sp³-hybridized carbons (Fsp3) is 0.464. The van der Waals surface area contributed by atoms with Crippen LogP contribution in [-0.4, -0.2) is 43.1 Å². The molecule has 10 heteroatoms. The highest BCUT2D eigenvalue weighted by atomic mass is 16.6. The molecule has 1 aliphatic heterocycles. The van der Waals surface area contributed by atoms with Crippen LogP contribution in [0.3, 0.4) is 0 Å². The van der Waals surface area contributed by atoms with Gasteiger partial charge in [0.15, 0.2) is 5.82 Å². The highest BCUT2D eigenvalue weighted by Gasteiger charge is 2.47. The van der Waals surface area contributed by atoms with Gasteiger partial charge in [-0.05, 0) is 42.5 Å². The number of ether oxygens (including phenoxy) is 1. The number of rotatable bonds is 7. The second-order valence-electron chi connectivity index (χ2n) is 11.0. The monoisotopic (exact) mass is 518 g/mol. The number of H-pyrrole nitrogens is 1. The van der Waals surface area contributed by atoms with Crippen molar-refractivity contribution in [2.45, 2.75) is 77.6 Å². The van der Waals surface area contributed by atoms with Crippen LogP contribution in [0.25, 0.3) is 10.9 Å². The van der Waals surface area contributed by atoms with Crippen LogP contribution in [0.4, 0.5) is 11.5 Å². The summed E-state index contributed by atoms with van der Waals surface area (Å²) in [5, 5.41) is 8.79. The Morgan fingerprint density at radius 1 is 1.18 bits per heavy atom. The molecule has 2 aliphatic rings. The summed E-state index contributed by atoms with van der Waals surface area (Å²) in [6.07, 6.45) is 8.95. The zero-order chi connectivity index (χ0) is 27.0. The number of esters is 1. The number of nitrogens with zero attached hydrogens (tertiary/aromatic N) is 4. The number of fused-ring (bicyclic) bond motifs is 1. The molecule has 3 aromatic rings. The van der Waals surface area contributed by atoms with Gasteiger partial charge < -0.3 is 15.0 Å². The third kappa shape index (κ3) is 4.82. The number of nitrogens with one attached hydrogen (secondary N) is 2. The van der Waals surface area contributed by atoms with Gasteiger partial charge in [0.25, 0.3) is 5.56 Å². The maximum atomic E-state index is 12.8. The van der Waals surface area contributed by atoms with Crippen molar-refractivity contribution in [1.29, 1.82) is 0 Å². The fourth-order valence-corrected chi connectivity index (χ4v) is 5.32. The summed E-state index contributed by atoms with van der Waals surface area (Å²) in [6, 6.07) is 9.96. The van der Waals surface area contributed by atoms with Crippen LogP contribution in [0.15, 0.2) is 46.3 Å². The summed E-state index contributed by atoms with van der Waals surface area (Å²) in [7, 11) is 0. The molecule has 3 heterocycles. The Balaban J connectivity index is 1.40. The molecular weight excluding hydrogens is 482 g/mol. The van der Waals surface area contributed by atoms with Crippen LogP contribution in [0.2, 0.25) is 0 Å². The number of benzene rings is 1. The molecule has 2 aromatic heterocycles. The van der Waals surface area contributed by atoms with Crippen LogP contribution in [-0.2, 0) is 9.53 Å². The van der Waals surface area contributed by atoms with Crippen molar-refractivity contribution in [2.24, 2.45) is 16.8 Å². The van der Waals surface area contributed by atoms with Gasteiger partial charge in [0.1, 0.15) is 11.6 Å². The molecule has 38 heavy (non-hydrogen) atoms. The van der Waals surface area contributed by atoms with Crippen molar-refractivity contribution in [2.75, 3.05) is 5.32 Å². The van der Waals surface area contributed by atoms with E-state index in [1.165, 1.54) is 30.2 Å². The molecule has 1 aliphatic carbocycles. The number of pyridine rings is 1.